The van der Waals surface area contributed by atoms with Crippen LogP contribution in [0.15, 0.2) is 41.5 Å². The molecule has 2 amide bonds. The molecule has 0 radical (unpaired) electrons. The van der Waals surface area contributed by atoms with Gasteiger partial charge in [-0.1, -0.05) is 42.8 Å². The number of benzene rings is 2. The number of hydrogen-bond donors (Lipinski definition) is 1. The molecule has 6 nitrogen and oxygen atoms in total. The summed E-state index contributed by atoms with van der Waals surface area (Å²) in [6.45, 7) is 0.563. The number of amides is 2. The van der Waals surface area contributed by atoms with Gasteiger partial charge in [0.05, 0.1) is 0 Å². The zero-order valence-corrected chi connectivity index (χ0v) is 14.3. The fourth-order valence-electron chi connectivity index (χ4n) is 3.62. The van der Waals surface area contributed by atoms with E-state index < -0.39 is 0 Å². The average molecular weight is 349 g/mol. The van der Waals surface area contributed by atoms with Crippen molar-refractivity contribution in [3.05, 3.63) is 47.5 Å². The molecule has 26 heavy (non-hydrogen) atoms. The average Bonchev–Trinajstić information content (AvgIpc) is 2.78. The van der Waals surface area contributed by atoms with Gasteiger partial charge in [-0.25, -0.2) is 5.43 Å². The quantitative estimate of drug-likeness (QED) is 0.863. The molecule has 2 aliphatic rings. The Morgan fingerprint density at radius 2 is 1.81 bits per heavy atom. The van der Waals surface area contributed by atoms with Crippen molar-refractivity contribution in [1.29, 1.82) is 0 Å². The highest BCUT2D eigenvalue weighted by molar-refractivity contribution is 6.59. The van der Waals surface area contributed by atoms with E-state index in [0.29, 0.717) is 18.5 Å². The molecular weight excluding hydrogens is 330 g/mol. The van der Waals surface area contributed by atoms with Crippen LogP contribution in [0.1, 0.15) is 41.6 Å². The Kier molecular flexibility index (Phi) is 4.24. The number of hydrogen-bond acceptors (Lipinski definition) is 4. The minimum Gasteiger partial charge on any atom is -0.333 e. The molecule has 1 aliphatic carbocycles. The van der Waals surface area contributed by atoms with Gasteiger partial charge in [0.2, 0.25) is 11.7 Å². The van der Waals surface area contributed by atoms with Gasteiger partial charge < -0.3 is 4.90 Å². The number of nitrogens with one attached hydrogen (secondary N) is 1. The van der Waals surface area contributed by atoms with Gasteiger partial charge in [-0.2, -0.15) is 5.10 Å². The molecule has 6 heteroatoms. The fraction of sp³-hybridized carbons (Fsp3) is 0.300. The second-order valence-corrected chi connectivity index (χ2v) is 6.66. The van der Waals surface area contributed by atoms with Crippen molar-refractivity contribution in [3.8, 4) is 0 Å². The van der Waals surface area contributed by atoms with E-state index in [2.05, 4.69) is 10.5 Å². The molecule has 1 aliphatic heterocycles. The summed E-state index contributed by atoms with van der Waals surface area (Å²) in [4.78, 5) is 38.4. The lowest BCUT2D eigenvalue weighted by Gasteiger charge is -2.18. The topological polar surface area (TPSA) is 78.8 Å². The number of rotatable bonds is 3. The van der Waals surface area contributed by atoms with E-state index in [0.717, 1.165) is 35.6 Å². The number of ketones is 1. The van der Waals surface area contributed by atoms with Crippen LogP contribution in [0, 0.1) is 0 Å². The molecule has 132 valence electrons. The van der Waals surface area contributed by atoms with Crippen LogP contribution in [0.25, 0.3) is 10.8 Å². The smallest absolute Gasteiger partial charge is 0.259 e. The molecule has 4 rings (SSSR count). The van der Waals surface area contributed by atoms with E-state index in [1.165, 1.54) is 0 Å². The van der Waals surface area contributed by atoms with Gasteiger partial charge in [0.1, 0.15) is 12.3 Å². The van der Waals surface area contributed by atoms with Gasteiger partial charge in [-0.15, -0.1) is 0 Å². The third-order valence-corrected chi connectivity index (χ3v) is 4.92. The van der Waals surface area contributed by atoms with Crippen LogP contribution >= 0.6 is 0 Å². The molecule has 1 N–H and O–H groups in total. The van der Waals surface area contributed by atoms with Crippen molar-refractivity contribution in [2.75, 3.05) is 13.1 Å². The van der Waals surface area contributed by atoms with Crippen molar-refractivity contribution in [2.24, 2.45) is 5.10 Å². The third-order valence-electron chi connectivity index (χ3n) is 4.92. The Bertz CT molecular complexity index is 943. The molecule has 0 aromatic heterocycles. The lowest BCUT2D eigenvalue weighted by molar-refractivity contribution is -0.135. The normalized spacial score (nSPS) is 18.5. The molecule has 1 fully saturated rings. The first-order chi connectivity index (χ1) is 12.6. The largest absolute Gasteiger partial charge is 0.333 e. The zero-order valence-electron chi connectivity index (χ0n) is 14.3. The summed E-state index contributed by atoms with van der Waals surface area (Å²) in [7, 11) is 0. The second-order valence-electron chi connectivity index (χ2n) is 6.66. The van der Waals surface area contributed by atoms with Crippen LogP contribution in [0.4, 0.5) is 0 Å². The molecular formula is C20H19N3O3. The van der Waals surface area contributed by atoms with Crippen LogP contribution in [-0.4, -0.2) is 41.3 Å². The minimum absolute atomic E-state index is 0.000538. The lowest BCUT2D eigenvalue weighted by atomic mass is 10.1. The Hall–Kier alpha value is -3.02. The number of hydrazone groups is 1. The number of likely N-dealkylation sites (tertiary alicyclic amines) is 1. The van der Waals surface area contributed by atoms with Gasteiger partial charge in [-0.05, 0) is 18.2 Å². The molecule has 1 heterocycles. The highest BCUT2D eigenvalue weighted by Crippen LogP contribution is 2.30. The predicted molar refractivity (Wildman–Crippen MR) is 98.0 cm³/mol. The van der Waals surface area contributed by atoms with E-state index in [4.69, 9.17) is 0 Å². The molecule has 2 aromatic rings. The van der Waals surface area contributed by atoms with Crippen molar-refractivity contribution >= 4 is 34.1 Å². The van der Waals surface area contributed by atoms with Crippen molar-refractivity contribution in [3.63, 3.8) is 0 Å². The Morgan fingerprint density at radius 3 is 2.62 bits per heavy atom. The van der Waals surface area contributed by atoms with Crippen LogP contribution in [0.5, 0.6) is 0 Å². The predicted octanol–water partition coefficient (Wildman–Crippen LogP) is 2.26. The third kappa shape index (κ3) is 2.87. The van der Waals surface area contributed by atoms with Gasteiger partial charge in [0, 0.05) is 29.5 Å². The monoisotopic (exact) mass is 349 g/mol. The fourth-order valence-corrected chi connectivity index (χ4v) is 3.62. The van der Waals surface area contributed by atoms with E-state index in [-0.39, 0.29) is 29.9 Å². The van der Waals surface area contributed by atoms with Crippen molar-refractivity contribution in [2.45, 2.75) is 25.7 Å². The summed E-state index contributed by atoms with van der Waals surface area (Å²) in [5.74, 6) is -0.578. The molecule has 0 unspecified atom stereocenters. The summed E-state index contributed by atoms with van der Waals surface area (Å²) in [5, 5.41) is 5.93. The molecule has 1 saturated heterocycles. The zero-order chi connectivity index (χ0) is 18.1. The standard InChI is InChI=1S/C20H19N3O3/c24-16(12-23-11-3-1-2-10-17(23)25)21-22-19-14-8-4-6-13-7-5-9-15(18(13)14)20(19)26/h4-9H,1-3,10-12H2,(H,21,24)/b22-19-. The number of carbonyl (C=O) groups is 3. The SMILES string of the molecule is O=C(CN1CCCCCC1=O)N/N=C1\C(=O)c2cccc3cccc1c23. The number of Topliss-reactive ketones (excluding diaryl/α,β-unsaturated/α-hetero) is 1. The molecule has 0 saturated carbocycles. The van der Waals surface area contributed by atoms with E-state index in [9.17, 15) is 14.4 Å². The second kappa shape index (κ2) is 6.71. The maximum absolute atomic E-state index is 12.6. The molecule has 0 bridgehead atoms. The minimum atomic E-state index is -0.385. The summed E-state index contributed by atoms with van der Waals surface area (Å²) in [6.07, 6.45) is 3.26. The highest BCUT2D eigenvalue weighted by atomic mass is 16.2. The first-order valence-corrected chi connectivity index (χ1v) is 8.86. The highest BCUT2D eigenvalue weighted by Gasteiger charge is 2.29. The van der Waals surface area contributed by atoms with Gasteiger partial charge in [0.25, 0.3) is 5.91 Å². The first-order valence-electron chi connectivity index (χ1n) is 8.86. The van der Waals surface area contributed by atoms with Gasteiger partial charge >= 0.3 is 0 Å². The van der Waals surface area contributed by atoms with Crippen LogP contribution in [0.3, 0.4) is 0 Å². The Balaban J connectivity index is 1.53. The van der Waals surface area contributed by atoms with E-state index in [1.54, 1.807) is 11.0 Å². The maximum Gasteiger partial charge on any atom is 0.259 e. The number of carbonyl (C=O) groups excluding carboxylic acids is 3. The van der Waals surface area contributed by atoms with Gasteiger partial charge in [0.15, 0.2) is 0 Å². The summed E-state index contributed by atoms with van der Waals surface area (Å²) in [6, 6.07) is 11.2. The van der Waals surface area contributed by atoms with Crippen LogP contribution < -0.4 is 5.43 Å². The van der Waals surface area contributed by atoms with Crippen molar-refractivity contribution < 1.29 is 14.4 Å². The summed E-state index contributed by atoms with van der Waals surface area (Å²) < 4.78 is 0. The molecule has 2 aromatic carbocycles. The number of nitrogens with zero attached hydrogens (tertiary/aromatic N) is 2. The van der Waals surface area contributed by atoms with Gasteiger partial charge in [-0.3, -0.25) is 14.4 Å². The summed E-state index contributed by atoms with van der Waals surface area (Å²) in [5.41, 5.74) is 4.03. The van der Waals surface area contributed by atoms with Crippen LogP contribution in [0.2, 0.25) is 0 Å². The molecule has 0 atom stereocenters. The lowest BCUT2D eigenvalue weighted by Crippen LogP contribution is -2.39. The first kappa shape index (κ1) is 16.4. The van der Waals surface area contributed by atoms with E-state index >= 15 is 0 Å². The maximum atomic E-state index is 12.6. The Labute approximate surface area is 150 Å². The summed E-state index contributed by atoms with van der Waals surface area (Å²) >= 11 is 0. The van der Waals surface area contributed by atoms with E-state index in [1.807, 2.05) is 30.3 Å². The van der Waals surface area contributed by atoms with Crippen molar-refractivity contribution in [1.82, 2.24) is 10.3 Å². The Morgan fingerprint density at radius 1 is 1.04 bits per heavy atom. The molecule has 0 spiro atoms. The van der Waals surface area contributed by atoms with Crippen LogP contribution in [-0.2, 0) is 9.59 Å².